The number of fused-ring (bicyclic) bond motifs is 2. The lowest BCUT2D eigenvalue weighted by molar-refractivity contribution is -0.139. The van der Waals surface area contributed by atoms with Gasteiger partial charge in [-0.05, 0) is 123 Å². The molecule has 0 saturated heterocycles. The van der Waals surface area contributed by atoms with Crippen molar-refractivity contribution in [1.82, 2.24) is 9.97 Å². The Labute approximate surface area is 307 Å². The maximum absolute atomic E-state index is 13.8. The Kier molecular flexibility index (Phi) is 11.8. The molecule has 0 aliphatic heterocycles. The van der Waals surface area contributed by atoms with E-state index in [0.717, 1.165) is 51.4 Å². The fourth-order valence-corrected chi connectivity index (χ4v) is 7.79. The predicted octanol–water partition coefficient (Wildman–Crippen LogP) is 12.6. The Morgan fingerprint density at radius 3 is 1.34 bits per heavy atom. The van der Waals surface area contributed by atoms with Crippen molar-refractivity contribution in [3.8, 4) is 11.5 Å². The molecule has 11 heteroatoms. The van der Waals surface area contributed by atoms with Gasteiger partial charge in [0.1, 0.15) is 28.3 Å². The number of halogens is 6. The number of pyridine rings is 2. The molecule has 288 valence electrons. The van der Waals surface area contributed by atoms with Crippen LogP contribution < -0.4 is 9.47 Å². The monoisotopic (exact) mass is 744 g/mol. The van der Waals surface area contributed by atoms with E-state index in [1.807, 2.05) is 0 Å². The smallest absolute Gasteiger partial charge is 0.420 e. The second-order valence-electron chi connectivity index (χ2n) is 16.7. The van der Waals surface area contributed by atoms with Crippen molar-refractivity contribution in [1.29, 1.82) is 0 Å². The minimum Gasteiger partial charge on any atom is -0.490 e. The first-order chi connectivity index (χ1) is 24.6. The molecule has 2 heterocycles. The molecule has 0 atom stereocenters. The molecule has 0 radical (unpaired) electrons. The molecule has 0 unspecified atom stereocenters. The Morgan fingerprint density at radius 2 is 0.962 bits per heavy atom. The number of benzene rings is 2. The molecule has 0 spiro atoms. The molecular weight excluding hydrogens is 694 g/mol. The summed E-state index contributed by atoms with van der Waals surface area (Å²) in [4.78, 5) is 19.0. The van der Waals surface area contributed by atoms with Crippen LogP contribution in [0, 0.1) is 29.6 Å². The number of aromatic nitrogens is 2. The minimum absolute atomic E-state index is 0.0472. The summed E-state index contributed by atoms with van der Waals surface area (Å²) in [7, 11) is 0. The number of rotatable bonds is 5. The van der Waals surface area contributed by atoms with Crippen LogP contribution in [0.5, 0.6) is 11.5 Å². The van der Waals surface area contributed by atoms with E-state index in [0.29, 0.717) is 29.3 Å². The standard InChI is InChI=1S/C21H24F3NO2.C21H26F3NO/c1-20(2,3)13-4-7-15(8-5-13)27-18-11-10-17-16(19(18)21(22,23)24)9-6-14(12-26)25-17;1-13-5-10-16-17(25-13)11-12-18(19(16)21(22,23)24)26-15-8-6-14(7-9-15)20(2,3)4/h6,9-13,15H,4-5,7-8H2,1-3H3;5,10-12,14-15H,6-9H2,1-4H3. The third-order valence-corrected chi connectivity index (χ3v) is 10.9. The Hall–Kier alpha value is -3.89. The zero-order valence-corrected chi connectivity index (χ0v) is 31.5. The number of carbonyl (C=O) groups excluding carboxylic acids is 1. The van der Waals surface area contributed by atoms with Gasteiger partial charge in [0.15, 0.2) is 6.29 Å². The first-order valence-corrected chi connectivity index (χ1v) is 18.4. The molecule has 53 heavy (non-hydrogen) atoms. The molecule has 6 rings (SSSR count). The van der Waals surface area contributed by atoms with Gasteiger partial charge in [-0.15, -0.1) is 0 Å². The Bertz CT molecular complexity index is 1890. The number of hydrogen-bond donors (Lipinski definition) is 0. The molecule has 5 nitrogen and oxygen atoms in total. The van der Waals surface area contributed by atoms with Crippen molar-refractivity contribution in [3.63, 3.8) is 0 Å². The van der Waals surface area contributed by atoms with E-state index in [1.54, 1.807) is 19.1 Å². The van der Waals surface area contributed by atoms with Gasteiger partial charge < -0.3 is 9.47 Å². The number of carbonyl (C=O) groups is 1. The quantitative estimate of drug-likeness (QED) is 0.150. The summed E-state index contributed by atoms with van der Waals surface area (Å²) in [5, 5.41) is 0.0537. The zero-order valence-electron chi connectivity index (χ0n) is 31.5. The second kappa shape index (κ2) is 15.5. The van der Waals surface area contributed by atoms with Crippen molar-refractivity contribution < 1.29 is 40.6 Å². The van der Waals surface area contributed by atoms with Crippen LogP contribution in [0.3, 0.4) is 0 Å². The topological polar surface area (TPSA) is 61.3 Å². The van der Waals surface area contributed by atoms with Crippen LogP contribution in [0.4, 0.5) is 26.3 Å². The lowest BCUT2D eigenvalue weighted by Crippen LogP contribution is -2.31. The van der Waals surface area contributed by atoms with E-state index in [9.17, 15) is 31.1 Å². The molecule has 4 aromatic rings. The van der Waals surface area contributed by atoms with E-state index in [4.69, 9.17) is 9.47 Å². The van der Waals surface area contributed by atoms with Crippen molar-refractivity contribution in [2.45, 2.75) is 124 Å². The molecule has 2 aliphatic carbocycles. The maximum Gasteiger partial charge on any atom is 0.420 e. The average Bonchev–Trinajstić information content (AvgIpc) is 3.06. The lowest BCUT2D eigenvalue weighted by atomic mass is 9.72. The summed E-state index contributed by atoms with van der Waals surface area (Å²) >= 11 is 0. The van der Waals surface area contributed by atoms with Gasteiger partial charge in [0.2, 0.25) is 0 Å². The highest BCUT2D eigenvalue weighted by molar-refractivity contribution is 5.88. The summed E-state index contributed by atoms with van der Waals surface area (Å²) in [5.41, 5.74) is 0.187. The van der Waals surface area contributed by atoms with Gasteiger partial charge in [0.25, 0.3) is 0 Å². The van der Waals surface area contributed by atoms with Gasteiger partial charge >= 0.3 is 12.4 Å². The van der Waals surface area contributed by atoms with Gasteiger partial charge in [0, 0.05) is 16.5 Å². The molecule has 0 N–H and O–H groups in total. The first-order valence-electron chi connectivity index (χ1n) is 18.4. The van der Waals surface area contributed by atoms with Crippen LogP contribution in [0.15, 0.2) is 48.5 Å². The third-order valence-electron chi connectivity index (χ3n) is 10.9. The summed E-state index contributed by atoms with van der Waals surface area (Å²) in [5.74, 6) is 0.917. The molecule has 2 aliphatic rings. The number of ether oxygens (including phenoxy) is 2. The maximum atomic E-state index is 13.8. The van der Waals surface area contributed by atoms with Crippen molar-refractivity contribution in [2.24, 2.45) is 22.7 Å². The van der Waals surface area contributed by atoms with Crippen LogP contribution >= 0.6 is 0 Å². The van der Waals surface area contributed by atoms with Crippen molar-refractivity contribution >= 4 is 28.1 Å². The Morgan fingerprint density at radius 1 is 0.566 bits per heavy atom. The number of nitrogens with zero attached hydrogens (tertiary/aromatic N) is 2. The molecule has 2 aromatic heterocycles. The van der Waals surface area contributed by atoms with Gasteiger partial charge in [-0.1, -0.05) is 47.6 Å². The molecule has 0 bridgehead atoms. The predicted molar refractivity (Wildman–Crippen MR) is 195 cm³/mol. The summed E-state index contributed by atoms with van der Waals surface area (Å²) in [6.07, 6.45) is -1.93. The minimum atomic E-state index is -4.57. The SMILES string of the molecule is CC(C)(C)C1CCC(Oc2ccc3nc(C=O)ccc3c2C(F)(F)F)CC1.Cc1ccc2c(C(F)(F)F)c(OC3CCC(C(C)(C)C)CC3)ccc2n1. The van der Waals surface area contributed by atoms with Gasteiger partial charge in [-0.3, -0.25) is 9.78 Å². The highest BCUT2D eigenvalue weighted by Crippen LogP contribution is 2.45. The van der Waals surface area contributed by atoms with E-state index in [1.165, 1.54) is 36.4 Å². The fourth-order valence-electron chi connectivity index (χ4n) is 7.79. The second-order valence-corrected chi connectivity index (χ2v) is 16.7. The summed E-state index contributed by atoms with van der Waals surface area (Å²) < 4.78 is 94.2. The molecule has 0 amide bonds. The lowest BCUT2D eigenvalue weighted by Gasteiger charge is -2.37. The van der Waals surface area contributed by atoms with Crippen molar-refractivity contribution in [2.75, 3.05) is 0 Å². The number of hydrogen-bond acceptors (Lipinski definition) is 5. The van der Waals surface area contributed by atoms with E-state index < -0.39 is 23.5 Å². The highest BCUT2D eigenvalue weighted by atomic mass is 19.4. The Balaban J connectivity index is 0.000000204. The van der Waals surface area contributed by atoms with Crippen LogP contribution in [0.2, 0.25) is 0 Å². The van der Waals surface area contributed by atoms with Gasteiger partial charge in [-0.25, -0.2) is 4.98 Å². The van der Waals surface area contributed by atoms with E-state index in [-0.39, 0.29) is 56.5 Å². The summed E-state index contributed by atoms with van der Waals surface area (Å²) in [6, 6.07) is 11.5. The number of alkyl halides is 6. The van der Waals surface area contributed by atoms with Crippen LogP contribution in [-0.4, -0.2) is 28.5 Å². The third kappa shape index (κ3) is 9.81. The number of aryl methyl sites for hydroxylation is 1. The normalized spacial score (nSPS) is 21.5. The van der Waals surface area contributed by atoms with Crippen molar-refractivity contribution in [3.05, 3.63) is 71.0 Å². The molecule has 2 saturated carbocycles. The van der Waals surface area contributed by atoms with Crippen LogP contribution in [0.25, 0.3) is 21.8 Å². The highest BCUT2D eigenvalue weighted by Gasteiger charge is 2.40. The first kappa shape index (κ1) is 40.3. The van der Waals surface area contributed by atoms with Crippen LogP contribution in [0.1, 0.15) is 120 Å². The zero-order chi connectivity index (χ0) is 38.9. The van der Waals surface area contributed by atoms with E-state index >= 15 is 0 Å². The van der Waals surface area contributed by atoms with Gasteiger partial charge in [-0.2, -0.15) is 26.3 Å². The van der Waals surface area contributed by atoms with E-state index in [2.05, 4.69) is 51.5 Å². The fraction of sp³-hybridized carbons (Fsp3) is 0.548. The molecular formula is C42H50F6N2O3. The van der Waals surface area contributed by atoms with Crippen LogP contribution in [-0.2, 0) is 12.4 Å². The van der Waals surface area contributed by atoms with Gasteiger partial charge in [0.05, 0.1) is 23.2 Å². The number of aldehydes is 1. The average molecular weight is 745 g/mol. The summed E-state index contributed by atoms with van der Waals surface area (Å²) in [6.45, 7) is 15.0. The molecule has 2 aromatic carbocycles. The largest absolute Gasteiger partial charge is 0.490 e. The molecule has 2 fully saturated rings.